The minimum Gasteiger partial charge on any atom is -0.481 e. The first-order valence-electron chi connectivity index (χ1n) is 5.36. The molecule has 0 spiro atoms. The molecule has 1 heterocycles. The van der Waals surface area contributed by atoms with Gasteiger partial charge in [0.1, 0.15) is 0 Å². The Bertz CT molecular complexity index is 285. The van der Waals surface area contributed by atoms with E-state index in [1.807, 2.05) is 0 Å². The molecule has 90 valence electrons. The van der Waals surface area contributed by atoms with E-state index in [0.717, 1.165) is 25.9 Å². The quantitative estimate of drug-likeness (QED) is 0.669. The molecule has 0 aromatic rings. The van der Waals surface area contributed by atoms with Gasteiger partial charge in [0.2, 0.25) is 11.8 Å². The molecule has 6 heteroatoms. The van der Waals surface area contributed by atoms with E-state index in [9.17, 15) is 14.4 Å². The number of carboxylic acid groups (broad SMARTS) is 1. The SMILES string of the molecule is O=C(O)CCC(=O)NCC(=O)N1CCCC1. The van der Waals surface area contributed by atoms with Crippen LogP contribution in [0.2, 0.25) is 0 Å². The van der Waals surface area contributed by atoms with Crippen molar-refractivity contribution >= 4 is 17.8 Å². The van der Waals surface area contributed by atoms with Crippen molar-refractivity contribution in [3.63, 3.8) is 0 Å². The van der Waals surface area contributed by atoms with Gasteiger partial charge in [-0.15, -0.1) is 0 Å². The Labute approximate surface area is 93.6 Å². The van der Waals surface area contributed by atoms with Crippen LogP contribution in [0.15, 0.2) is 0 Å². The minimum atomic E-state index is -1.01. The number of carbonyl (C=O) groups is 3. The first-order valence-corrected chi connectivity index (χ1v) is 5.36. The van der Waals surface area contributed by atoms with Crippen LogP contribution in [0.25, 0.3) is 0 Å². The molecule has 0 aliphatic carbocycles. The third-order valence-corrected chi connectivity index (χ3v) is 2.46. The van der Waals surface area contributed by atoms with Gasteiger partial charge in [0, 0.05) is 19.5 Å². The summed E-state index contributed by atoms with van der Waals surface area (Å²) < 4.78 is 0. The zero-order chi connectivity index (χ0) is 12.0. The molecule has 1 saturated heterocycles. The van der Waals surface area contributed by atoms with Crippen LogP contribution in [0.5, 0.6) is 0 Å². The largest absolute Gasteiger partial charge is 0.481 e. The molecule has 1 aliphatic rings. The zero-order valence-corrected chi connectivity index (χ0v) is 9.07. The summed E-state index contributed by atoms with van der Waals surface area (Å²) in [7, 11) is 0. The standard InChI is InChI=1S/C10H16N2O4/c13-8(3-4-10(15)16)11-7-9(14)12-5-1-2-6-12/h1-7H2,(H,11,13)(H,15,16). The van der Waals surface area contributed by atoms with Gasteiger partial charge in [-0.2, -0.15) is 0 Å². The average molecular weight is 228 g/mol. The summed E-state index contributed by atoms with van der Waals surface area (Å²) >= 11 is 0. The number of likely N-dealkylation sites (tertiary alicyclic amines) is 1. The lowest BCUT2D eigenvalue weighted by Crippen LogP contribution is -2.38. The summed E-state index contributed by atoms with van der Waals surface area (Å²) in [5.74, 6) is -1.50. The Morgan fingerprint density at radius 2 is 1.75 bits per heavy atom. The van der Waals surface area contributed by atoms with Crippen molar-refractivity contribution in [3.05, 3.63) is 0 Å². The summed E-state index contributed by atoms with van der Waals surface area (Å²) in [5.41, 5.74) is 0. The maximum atomic E-state index is 11.5. The van der Waals surface area contributed by atoms with Crippen LogP contribution in [-0.2, 0) is 14.4 Å². The molecule has 1 aliphatic heterocycles. The van der Waals surface area contributed by atoms with Gasteiger partial charge < -0.3 is 15.3 Å². The molecule has 6 nitrogen and oxygen atoms in total. The predicted molar refractivity (Wildman–Crippen MR) is 55.7 cm³/mol. The summed E-state index contributed by atoms with van der Waals surface area (Å²) in [6, 6.07) is 0. The number of nitrogens with one attached hydrogen (secondary N) is 1. The van der Waals surface area contributed by atoms with Gasteiger partial charge in [-0.1, -0.05) is 0 Å². The maximum Gasteiger partial charge on any atom is 0.303 e. The van der Waals surface area contributed by atoms with E-state index in [0.29, 0.717) is 0 Å². The number of hydrogen-bond acceptors (Lipinski definition) is 3. The molecule has 1 fully saturated rings. The molecule has 2 N–H and O–H groups in total. The van der Waals surface area contributed by atoms with Gasteiger partial charge in [0.15, 0.2) is 0 Å². The number of nitrogens with zero attached hydrogens (tertiary/aromatic N) is 1. The van der Waals surface area contributed by atoms with Crippen molar-refractivity contribution in [1.29, 1.82) is 0 Å². The number of carboxylic acids is 1. The maximum absolute atomic E-state index is 11.5. The second kappa shape index (κ2) is 6.09. The highest BCUT2D eigenvalue weighted by Crippen LogP contribution is 2.06. The highest BCUT2D eigenvalue weighted by Gasteiger charge is 2.18. The molecule has 0 radical (unpaired) electrons. The normalized spacial score (nSPS) is 14.9. The highest BCUT2D eigenvalue weighted by molar-refractivity contribution is 5.86. The van der Waals surface area contributed by atoms with Gasteiger partial charge in [-0.25, -0.2) is 0 Å². The van der Waals surface area contributed by atoms with Crippen LogP contribution < -0.4 is 5.32 Å². The summed E-state index contributed by atoms with van der Waals surface area (Å²) in [4.78, 5) is 34.5. The number of aliphatic carboxylic acids is 1. The Hall–Kier alpha value is -1.59. The van der Waals surface area contributed by atoms with Gasteiger partial charge >= 0.3 is 5.97 Å². The Morgan fingerprint density at radius 1 is 1.12 bits per heavy atom. The fourth-order valence-electron chi connectivity index (χ4n) is 1.56. The lowest BCUT2D eigenvalue weighted by molar-refractivity contribution is -0.139. The predicted octanol–water partition coefficient (Wildman–Crippen LogP) is -0.410. The third-order valence-electron chi connectivity index (χ3n) is 2.46. The van der Waals surface area contributed by atoms with E-state index in [2.05, 4.69) is 5.32 Å². The van der Waals surface area contributed by atoms with Gasteiger partial charge in [0.05, 0.1) is 13.0 Å². The molecular weight excluding hydrogens is 212 g/mol. The minimum absolute atomic E-state index is 0.0293. The van der Waals surface area contributed by atoms with Gasteiger partial charge in [-0.3, -0.25) is 14.4 Å². The molecule has 2 amide bonds. The summed E-state index contributed by atoms with van der Waals surface area (Å²) in [6.45, 7) is 1.48. The van der Waals surface area contributed by atoms with Crippen LogP contribution in [0.1, 0.15) is 25.7 Å². The summed E-state index contributed by atoms with van der Waals surface area (Å²) in [6.07, 6.45) is 1.74. The van der Waals surface area contributed by atoms with Gasteiger partial charge in [-0.05, 0) is 12.8 Å². The molecule has 0 bridgehead atoms. The number of carbonyl (C=O) groups excluding carboxylic acids is 2. The van der Waals surface area contributed by atoms with Crippen LogP contribution in [-0.4, -0.2) is 47.4 Å². The average Bonchev–Trinajstić information content (AvgIpc) is 2.76. The van der Waals surface area contributed by atoms with E-state index in [4.69, 9.17) is 5.11 Å². The smallest absolute Gasteiger partial charge is 0.303 e. The monoisotopic (exact) mass is 228 g/mol. The highest BCUT2D eigenvalue weighted by atomic mass is 16.4. The second-order valence-corrected chi connectivity index (χ2v) is 3.76. The van der Waals surface area contributed by atoms with E-state index in [-0.39, 0.29) is 25.3 Å². The number of amides is 2. The van der Waals surface area contributed by atoms with E-state index in [1.54, 1.807) is 4.90 Å². The second-order valence-electron chi connectivity index (χ2n) is 3.76. The zero-order valence-electron chi connectivity index (χ0n) is 9.07. The summed E-state index contributed by atoms with van der Waals surface area (Å²) in [5, 5.41) is 10.8. The van der Waals surface area contributed by atoms with Gasteiger partial charge in [0.25, 0.3) is 0 Å². The molecule has 0 aromatic heterocycles. The molecule has 0 atom stereocenters. The lowest BCUT2D eigenvalue weighted by atomic mass is 10.3. The Kier molecular flexibility index (Phi) is 4.75. The van der Waals surface area contributed by atoms with Crippen molar-refractivity contribution in [1.82, 2.24) is 10.2 Å². The molecule has 0 unspecified atom stereocenters. The molecule has 0 saturated carbocycles. The first-order chi connectivity index (χ1) is 7.59. The third kappa shape index (κ3) is 4.29. The Balaban J connectivity index is 2.15. The van der Waals surface area contributed by atoms with Crippen molar-refractivity contribution in [2.45, 2.75) is 25.7 Å². The van der Waals surface area contributed by atoms with E-state index >= 15 is 0 Å². The van der Waals surface area contributed by atoms with Crippen molar-refractivity contribution < 1.29 is 19.5 Å². The van der Waals surface area contributed by atoms with E-state index in [1.165, 1.54) is 0 Å². The van der Waals surface area contributed by atoms with Crippen LogP contribution in [0.4, 0.5) is 0 Å². The fourth-order valence-corrected chi connectivity index (χ4v) is 1.56. The number of rotatable bonds is 5. The number of hydrogen-bond donors (Lipinski definition) is 2. The first kappa shape index (κ1) is 12.5. The van der Waals surface area contributed by atoms with Crippen molar-refractivity contribution in [3.8, 4) is 0 Å². The topological polar surface area (TPSA) is 86.7 Å². The molecular formula is C10H16N2O4. The molecule has 0 aromatic carbocycles. The van der Waals surface area contributed by atoms with Crippen LogP contribution >= 0.6 is 0 Å². The Morgan fingerprint density at radius 3 is 2.31 bits per heavy atom. The van der Waals surface area contributed by atoms with Crippen molar-refractivity contribution in [2.24, 2.45) is 0 Å². The molecule has 16 heavy (non-hydrogen) atoms. The molecule has 1 rings (SSSR count). The van der Waals surface area contributed by atoms with Crippen molar-refractivity contribution in [2.75, 3.05) is 19.6 Å². The fraction of sp³-hybridized carbons (Fsp3) is 0.700. The van der Waals surface area contributed by atoms with Crippen LogP contribution in [0, 0.1) is 0 Å². The van der Waals surface area contributed by atoms with E-state index < -0.39 is 11.9 Å². The van der Waals surface area contributed by atoms with Crippen LogP contribution in [0.3, 0.4) is 0 Å². The lowest BCUT2D eigenvalue weighted by Gasteiger charge is -2.15.